The number of rotatable bonds is 3. The fourth-order valence-electron chi connectivity index (χ4n) is 1.51. The van der Waals surface area contributed by atoms with E-state index in [0.29, 0.717) is 12.5 Å². The Morgan fingerprint density at radius 2 is 2.56 bits per heavy atom. The molecular formula is C9H15ClN4OS. The summed E-state index contributed by atoms with van der Waals surface area (Å²) in [4.78, 5) is 11.6. The van der Waals surface area contributed by atoms with Gasteiger partial charge in [-0.05, 0) is 0 Å². The molecule has 1 amide bonds. The first kappa shape index (κ1) is 13.3. The average molecular weight is 263 g/mol. The first-order chi connectivity index (χ1) is 7.34. The van der Waals surface area contributed by atoms with E-state index in [0.717, 1.165) is 23.7 Å². The lowest BCUT2D eigenvalue weighted by molar-refractivity contribution is -0.116. The van der Waals surface area contributed by atoms with Crippen LogP contribution in [-0.4, -0.2) is 40.2 Å². The molecule has 1 aliphatic heterocycles. The number of nitrogens with one attached hydrogen (secondary N) is 3. The maximum Gasteiger partial charge on any atom is 0.226 e. The largest absolute Gasteiger partial charge is 0.323 e. The second-order valence-corrected chi connectivity index (χ2v) is 4.62. The number of halogens is 1. The van der Waals surface area contributed by atoms with Gasteiger partial charge in [-0.3, -0.25) is 9.89 Å². The maximum atomic E-state index is 11.6. The molecule has 1 atom stereocenters. The van der Waals surface area contributed by atoms with Crippen LogP contribution in [0.4, 0.5) is 5.69 Å². The summed E-state index contributed by atoms with van der Waals surface area (Å²) in [5.74, 6) is 2.19. The van der Waals surface area contributed by atoms with E-state index in [-0.39, 0.29) is 18.3 Å². The van der Waals surface area contributed by atoms with Gasteiger partial charge in [-0.2, -0.15) is 16.9 Å². The van der Waals surface area contributed by atoms with Gasteiger partial charge in [0.1, 0.15) is 0 Å². The van der Waals surface area contributed by atoms with Crippen LogP contribution >= 0.6 is 24.2 Å². The predicted octanol–water partition coefficient (Wildman–Crippen LogP) is 0.865. The van der Waals surface area contributed by atoms with Crippen molar-refractivity contribution in [2.45, 2.75) is 12.5 Å². The molecule has 1 saturated heterocycles. The van der Waals surface area contributed by atoms with Gasteiger partial charge in [-0.25, -0.2) is 0 Å². The molecule has 0 bridgehead atoms. The van der Waals surface area contributed by atoms with Gasteiger partial charge in [-0.15, -0.1) is 12.4 Å². The maximum absolute atomic E-state index is 11.6. The van der Waals surface area contributed by atoms with Gasteiger partial charge < -0.3 is 10.6 Å². The van der Waals surface area contributed by atoms with Crippen LogP contribution in [0.1, 0.15) is 6.42 Å². The number of amides is 1. The highest BCUT2D eigenvalue weighted by atomic mass is 35.5. The molecule has 1 aromatic rings. The zero-order valence-corrected chi connectivity index (χ0v) is 10.4. The Bertz CT molecular complexity index is 313. The van der Waals surface area contributed by atoms with E-state index >= 15 is 0 Å². The number of thioether (sulfide) groups is 1. The van der Waals surface area contributed by atoms with Crippen molar-refractivity contribution < 1.29 is 4.79 Å². The van der Waals surface area contributed by atoms with E-state index in [2.05, 4.69) is 20.8 Å². The minimum absolute atomic E-state index is 0. The molecule has 0 spiro atoms. The van der Waals surface area contributed by atoms with Gasteiger partial charge >= 0.3 is 0 Å². The fourth-order valence-corrected chi connectivity index (χ4v) is 2.45. The second kappa shape index (κ2) is 6.78. The first-order valence-corrected chi connectivity index (χ1v) is 6.10. The zero-order valence-electron chi connectivity index (χ0n) is 8.73. The molecule has 90 valence electrons. The predicted molar refractivity (Wildman–Crippen MR) is 68.2 cm³/mol. The van der Waals surface area contributed by atoms with Crippen LogP contribution in [0.5, 0.6) is 0 Å². The van der Waals surface area contributed by atoms with Crippen LogP contribution in [0.3, 0.4) is 0 Å². The lowest BCUT2D eigenvalue weighted by Crippen LogP contribution is -2.39. The third-order valence-corrected chi connectivity index (χ3v) is 3.34. The number of H-pyrrole nitrogens is 1. The van der Waals surface area contributed by atoms with Crippen LogP contribution < -0.4 is 10.6 Å². The Hall–Kier alpha value is -0.720. The van der Waals surface area contributed by atoms with E-state index < -0.39 is 0 Å². The SMILES string of the molecule is Cl.O=C(CC1CSCCN1)Nc1cn[nH]c1. The van der Waals surface area contributed by atoms with Crippen molar-refractivity contribution in [3.8, 4) is 0 Å². The van der Waals surface area contributed by atoms with Gasteiger partial charge in [0.15, 0.2) is 0 Å². The molecule has 16 heavy (non-hydrogen) atoms. The number of carbonyl (C=O) groups is 1. The fraction of sp³-hybridized carbons (Fsp3) is 0.556. The molecule has 0 saturated carbocycles. The highest BCUT2D eigenvalue weighted by Gasteiger charge is 2.16. The van der Waals surface area contributed by atoms with Gasteiger partial charge in [-0.1, -0.05) is 0 Å². The van der Waals surface area contributed by atoms with Crippen molar-refractivity contribution in [2.75, 3.05) is 23.4 Å². The van der Waals surface area contributed by atoms with Crippen molar-refractivity contribution in [1.29, 1.82) is 0 Å². The molecule has 0 aliphatic carbocycles. The Kier molecular flexibility index (Phi) is 5.65. The van der Waals surface area contributed by atoms with Gasteiger partial charge in [0.25, 0.3) is 0 Å². The summed E-state index contributed by atoms with van der Waals surface area (Å²) in [5, 5.41) is 12.5. The first-order valence-electron chi connectivity index (χ1n) is 4.94. The molecule has 3 N–H and O–H groups in total. The van der Waals surface area contributed by atoms with Crippen LogP contribution in [0, 0.1) is 0 Å². The molecule has 0 radical (unpaired) electrons. The highest BCUT2D eigenvalue weighted by molar-refractivity contribution is 7.99. The molecule has 0 aromatic carbocycles. The summed E-state index contributed by atoms with van der Waals surface area (Å²) in [7, 11) is 0. The van der Waals surface area contributed by atoms with Crippen LogP contribution in [0.2, 0.25) is 0 Å². The van der Waals surface area contributed by atoms with Crippen molar-refractivity contribution >= 4 is 35.8 Å². The summed E-state index contributed by atoms with van der Waals surface area (Å²) in [6.07, 6.45) is 3.79. The number of hydrogen-bond acceptors (Lipinski definition) is 4. The monoisotopic (exact) mass is 262 g/mol. The molecule has 1 unspecified atom stereocenters. The molecule has 1 fully saturated rings. The van der Waals surface area contributed by atoms with Crippen molar-refractivity contribution in [1.82, 2.24) is 15.5 Å². The van der Waals surface area contributed by atoms with E-state index in [4.69, 9.17) is 0 Å². The normalized spacial score (nSPS) is 19.9. The van der Waals surface area contributed by atoms with Crippen LogP contribution in [-0.2, 0) is 4.79 Å². The van der Waals surface area contributed by atoms with E-state index in [1.807, 2.05) is 11.8 Å². The minimum Gasteiger partial charge on any atom is -0.323 e. The Morgan fingerprint density at radius 3 is 3.19 bits per heavy atom. The summed E-state index contributed by atoms with van der Waals surface area (Å²) in [5.41, 5.74) is 0.725. The Balaban J connectivity index is 0.00000128. The number of carbonyl (C=O) groups excluding carboxylic acids is 1. The second-order valence-electron chi connectivity index (χ2n) is 3.47. The molecule has 2 rings (SSSR count). The van der Waals surface area contributed by atoms with Crippen LogP contribution in [0.25, 0.3) is 0 Å². The molecule has 2 heterocycles. The van der Waals surface area contributed by atoms with Crippen LogP contribution in [0.15, 0.2) is 12.4 Å². The molecule has 5 nitrogen and oxygen atoms in total. The summed E-state index contributed by atoms with van der Waals surface area (Å²) >= 11 is 1.89. The minimum atomic E-state index is 0. The van der Waals surface area contributed by atoms with Gasteiger partial charge in [0.2, 0.25) is 5.91 Å². The highest BCUT2D eigenvalue weighted by Crippen LogP contribution is 2.11. The Morgan fingerprint density at radius 1 is 1.69 bits per heavy atom. The Labute approximate surface area is 105 Å². The number of aromatic nitrogens is 2. The van der Waals surface area contributed by atoms with Gasteiger partial charge in [0.05, 0.1) is 11.9 Å². The topological polar surface area (TPSA) is 69.8 Å². The number of hydrogen-bond donors (Lipinski definition) is 3. The summed E-state index contributed by atoms with van der Waals surface area (Å²) < 4.78 is 0. The molecule has 7 heteroatoms. The number of anilines is 1. The standard InChI is InChI=1S/C9H14N4OS.ClH/c14-9(13-8-4-11-12-5-8)3-7-6-15-2-1-10-7;/h4-5,7,10H,1-3,6H2,(H,11,12)(H,13,14);1H. The summed E-state index contributed by atoms with van der Waals surface area (Å²) in [6, 6.07) is 0.302. The van der Waals surface area contributed by atoms with Crippen molar-refractivity contribution in [2.24, 2.45) is 0 Å². The zero-order chi connectivity index (χ0) is 10.5. The summed E-state index contributed by atoms with van der Waals surface area (Å²) in [6.45, 7) is 0.994. The van der Waals surface area contributed by atoms with E-state index in [9.17, 15) is 4.79 Å². The lowest BCUT2D eigenvalue weighted by atomic mass is 10.2. The molecular weight excluding hydrogens is 248 g/mol. The smallest absolute Gasteiger partial charge is 0.226 e. The third-order valence-electron chi connectivity index (χ3n) is 2.21. The number of aromatic amines is 1. The number of nitrogens with zero attached hydrogens (tertiary/aromatic N) is 1. The third kappa shape index (κ3) is 4.03. The van der Waals surface area contributed by atoms with Crippen molar-refractivity contribution in [3.63, 3.8) is 0 Å². The van der Waals surface area contributed by atoms with E-state index in [1.54, 1.807) is 12.4 Å². The molecule has 1 aromatic heterocycles. The molecule has 1 aliphatic rings. The average Bonchev–Trinajstić information content (AvgIpc) is 2.71. The van der Waals surface area contributed by atoms with Gasteiger partial charge in [0, 0.05) is 36.7 Å². The van der Waals surface area contributed by atoms with Crippen molar-refractivity contribution in [3.05, 3.63) is 12.4 Å². The lowest BCUT2D eigenvalue weighted by Gasteiger charge is -2.22. The van der Waals surface area contributed by atoms with E-state index in [1.165, 1.54) is 0 Å². The quantitative estimate of drug-likeness (QED) is 0.756.